The summed E-state index contributed by atoms with van der Waals surface area (Å²) in [6.07, 6.45) is 4.03. The molecule has 2 heterocycles. The van der Waals surface area contributed by atoms with Gasteiger partial charge in [-0.3, -0.25) is 4.90 Å². The van der Waals surface area contributed by atoms with Crippen molar-refractivity contribution in [3.05, 3.63) is 18.1 Å². The number of carboxylic acid groups (broad SMARTS) is 1. The first kappa shape index (κ1) is 12.8. The molecule has 0 bridgehead atoms. The highest BCUT2D eigenvalue weighted by molar-refractivity contribution is 5.84. The molecule has 2 rings (SSSR count). The van der Waals surface area contributed by atoms with E-state index in [9.17, 15) is 4.79 Å². The number of aromatic nitrogens is 2. The Labute approximate surface area is 106 Å². The predicted molar refractivity (Wildman–Crippen MR) is 67.9 cm³/mol. The maximum Gasteiger partial charge on any atom is 0.356 e. The zero-order valence-corrected chi connectivity index (χ0v) is 10.5. The number of carbonyl (C=O) groups is 1. The van der Waals surface area contributed by atoms with Crippen molar-refractivity contribution in [1.29, 1.82) is 0 Å². The third-order valence-electron chi connectivity index (χ3n) is 3.09. The van der Waals surface area contributed by atoms with Gasteiger partial charge in [-0.2, -0.15) is 0 Å². The molecule has 0 unspecified atom stereocenters. The van der Waals surface area contributed by atoms with Gasteiger partial charge in [0.05, 0.1) is 12.4 Å². The quantitative estimate of drug-likeness (QED) is 0.848. The Kier molecular flexibility index (Phi) is 4.09. The van der Waals surface area contributed by atoms with Gasteiger partial charge in [-0.15, -0.1) is 0 Å². The molecule has 1 saturated heterocycles. The highest BCUT2D eigenvalue weighted by Crippen LogP contribution is 2.12. The lowest BCUT2D eigenvalue weighted by molar-refractivity contribution is 0.0690. The van der Waals surface area contributed by atoms with Gasteiger partial charge in [-0.1, -0.05) is 6.92 Å². The fourth-order valence-corrected chi connectivity index (χ4v) is 2.11. The number of piperazine rings is 1. The van der Waals surface area contributed by atoms with Gasteiger partial charge in [0, 0.05) is 26.2 Å². The fraction of sp³-hybridized carbons (Fsp3) is 0.583. The van der Waals surface area contributed by atoms with Gasteiger partial charge in [0.1, 0.15) is 5.82 Å². The minimum Gasteiger partial charge on any atom is -0.476 e. The van der Waals surface area contributed by atoms with Crippen LogP contribution in [0.5, 0.6) is 0 Å². The average Bonchev–Trinajstić information content (AvgIpc) is 2.40. The van der Waals surface area contributed by atoms with E-state index in [1.807, 2.05) is 0 Å². The molecule has 6 nitrogen and oxygen atoms in total. The van der Waals surface area contributed by atoms with Crippen molar-refractivity contribution in [3.8, 4) is 0 Å². The second-order valence-corrected chi connectivity index (χ2v) is 4.39. The molecule has 1 aliphatic rings. The standard InChI is InChI=1S/C12H18N4O2/c1-2-3-15-4-6-16(7-5-15)11-9-13-10(8-14-11)12(17)18/h8-9H,2-7H2,1H3,(H,17,18). The second kappa shape index (κ2) is 5.77. The van der Waals surface area contributed by atoms with Crippen LogP contribution in [0.1, 0.15) is 23.8 Å². The Morgan fingerprint density at radius 2 is 2.00 bits per heavy atom. The molecule has 1 aromatic rings. The number of carboxylic acids is 1. The lowest BCUT2D eigenvalue weighted by atomic mass is 10.3. The molecule has 1 aromatic heterocycles. The summed E-state index contributed by atoms with van der Waals surface area (Å²) >= 11 is 0. The smallest absolute Gasteiger partial charge is 0.356 e. The van der Waals surface area contributed by atoms with E-state index in [1.54, 1.807) is 6.20 Å². The van der Waals surface area contributed by atoms with Crippen molar-refractivity contribution in [2.75, 3.05) is 37.6 Å². The van der Waals surface area contributed by atoms with Crippen LogP contribution in [-0.2, 0) is 0 Å². The molecular weight excluding hydrogens is 232 g/mol. The third-order valence-corrected chi connectivity index (χ3v) is 3.09. The van der Waals surface area contributed by atoms with E-state index in [2.05, 4.69) is 26.7 Å². The van der Waals surface area contributed by atoms with Gasteiger partial charge in [0.15, 0.2) is 5.69 Å². The van der Waals surface area contributed by atoms with Gasteiger partial charge in [-0.25, -0.2) is 14.8 Å². The highest BCUT2D eigenvalue weighted by atomic mass is 16.4. The lowest BCUT2D eigenvalue weighted by Gasteiger charge is -2.35. The van der Waals surface area contributed by atoms with Crippen LogP contribution in [0.25, 0.3) is 0 Å². The van der Waals surface area contributed by atoms with E-state index < -0.39 is 5.97 Å². The van der Waals surface area contributed by atoms with Crippen LogP contribution in [0.3, 0.4) is 0 Å². The summed E-state index contributed by atoms with van der Waals surface area (Å²) in [5.74, 6) is -0.280. The van der Waals surface area contributed by atoms with Gasteiger partial charge in [0.25, 0.3) is 0 Å². The van der Waals surface area contributed by atoms with Gasteiger partial charge < -0.3 is 10.0 Å². The molecule has 98 valence electrons. The number of hydrogen-bond donors (Lipinski definition) is 1. The lowest BCUT2D eigenvalue weighted by Crippen LogP contribution is -2.46. The monoisotopic (exact) mass is 250 g/mol. The maximum absolute atomic E-state index is 10.7. The number of anilines is 1. The molecule has 0 amide bonds. The molecule has 0 aliphatic carbocycles. The minimum absolute atomic E-state index is 0.0108. The summed E-state index contributed by atoms with van der Waals surface area (Å²) in [6, 6.07) is 0. The highest BCUT2D eigenvalue weighted by Gasteiger charge is 2.17. The summed E-state index contributed by atoms with van der Waals surface area (Å²) in [5.41, 5.74) is -0.0108. The molecule has 0 atom stereocenters. The van der Waals surface area contributed by atoms with Crippen LogP contribution in [-0.4, -0.2) is 58.7 Å². The van der Waals surface area contributed by atoms with E-state index in [4.69, 9.17) is 5.11 Å². The van der Waals surface area contributed by atoms with Crippen molar-refractivity contribution in [2.45, 2.75) is 13.3 Å². The third kappa shape index (κ3) is 2.95. The molecule has 1 N–H and O–H groups in total. The van der Waals surface area contributed by atoms with Crippen molar-refractivity contribution < 1.29 is 9.90 Å². The number of rotatable bonds is 4. The zero-order chi connectivity index (χ0) is 13.0. The Balaban J connectivity index is 1.95. The molecule has 0 saturated carbocycles. The molecule has 1 aliphatic heterocycles. The molecule has 0 spiro atoms. The molecule has 6 heteroatoms. The van der Waals surface area contributed by atoms with E-state index in [0.717, 1.165) is 38.5 Å². The summed E-state index contributed by atoms with van der Waals surface area (Å²) in [5, 5.41) is 8.76. The van der Waals surface area contributed by atoms with Crippen LogP contribution in [0, 0.1) is 0 Å². The first-order chi connectivity index (χ1) is 8.70. The van der Waals surface area contributed by atoms with Crippen LogP contribution in [0.4, 0.5) is 5.82 Å². The Hall–Kier alpha value is -1.69. The van der Waals surface area contributed by atoms with Crippen molar-refractivity contribution in [2.24, 2.45) is 0 Å². The minimum atomic E-state index is -1.04. The second-order valence-electron chi connectivity index (χ2n) is 4.39. The van der Waals surface area contributed by atoms with Crippen LogP contribution in [0.2, 0.25) is 0 Å². The zero-order valence-electron chi connectivity index (χ0n) is 10.5. The van der Waals surface area contributed by atoms with E-state index >= 15 is 0 Å². The number of aromatic carboxylic acids is 1. The first-order valence-corrected chi connectivity index (χ1v) is 6.23. The Morgan fingerprint density at radius 1 is 1.28 bits per heavy atom. The van der Waals surface area contributed by atoms with Crippen LogP contribution in [0.15, 0.2) is 12.4 Å². The van der Waals surface area contributed by atoms with E-state index in [0.29, 0.717) is 0 Å². The largest absolute Gasteiger partial charge is 0.476 e. The average molecular weight is 250 g/mol. The van der Waals surface area contributed by atoms with Crippen molar-refractivity contribution in [1.82, 2.24) is 14.9 Å². The normalized spacial score (nSPS) is 16.8. The summed E-state index contributed by atoms with van der Waals surface area (Å²) in [7, 11) is 0. The summed E-state index contributed by atoms with van der Waals surface area (Å²) in [6.45, 7) is 7.20. The van der Waals surface area contributed by atoms with Gasteiger partial charge in [0.2, 0.25) is 0 Å². The Bertz CT molecular complexity index is 399. The van der Waals surface area contributed by atoms with Crippen LogP contribution < -0.4 is 4.90 Å². The first-order valence-electron chi connectivity index (χ1n) is 6.23. The van der Waals surface area contributed by atoms with E-state index in [1.165, 1.54) is 12.6 Å². The molecule has 1 fully saturated rings. The fourth-order valence-electron chi connectivity index (χ4n) is 2.11. The number of hydrogen-bond acceptors (Lipinski definition) is 5. The van der Waals surface area contributed by atoms with Crippen molar-refractivity contribution >= 4 is 11.8 Å². The maximum atomic E-state index is 10.7. The molecule has 0 radical (unpaired) electrons. The Morgan fingerprint density at radius 3 is 2.50 bits per heavy atom. The number of nitrogens with zero attached hydrogens (tertiary/aromatic N) is 4. The topological polar surface area (TPSA) is 69.6 Å². The van der Waals surface area contributed by atoms with Gasteiger partial charge >= 0.3 is 5.97 Å². The summed E-state index contributed by atoms with van der Waals surface area (Å²) in [4.78, 5) is 23.3. The SMILES string of the molecule is CCCN1CCN(c2cnc(C(=O)O)cn2)CC1. The molecule has 18 heavy (non-hydrogen) atoms. The predicted octanol–water partition coefficient (Wildman–Crippen LogP) is 0.707. The van der Waals surface area contributed by atoms with Gasteiger partial charge in [-0.05, 0) is 13.0 Å². The van der Waals surface area contributed by atoms with Crippen LogP contribution >= 0.6 is 0 Å². The molecule has 0 aromatic carbocycles. The molecular formula is C12H18N4O2. The summed E-state index contributed by atoms with van der Waals surface area (Å²) < 4.78 is 0. The van der Waals surface area contributed by atoms with Crippen molar-refractivity contribution in [3.63, 3.8) is 0 Å². The van der Waals surface area contributed by atoms with E-state index in [-0.39, 0.29) is 5.69 Å².